The Hall–Kier alpha value is -1.60. The van der Waals surface area contributed by atoms with Crippen molar-refractivity contribution in [2.75, 3.05) is 26.9 Å². The number of ether oxygens (including phenoxy) is 1. The lowest BCUT2D eigenvalue weighted by Crippen LogP contribution is -2.24. The number of anilines is 1. The van der Waals surface area contributed by atoms with Crippen LogP contribution in [-0.4, -0.2) is 39.9 Å². The van der Waals surface area contributed by atoms with E-state index in [4.69, 9.17) is 5.73 Å². The summed E-state index contributed by atoms with van der Waals surface area (Å²) in [5, 5.41) is 0. The van der Waals surface area contributed by atoms with Crippen LogP contribution in [0.2, 0.25) is 0 Å². The number of methoxy groups -OCH3 is 1. The maximum Gasteiger partial charge on any atom is 0.339 e. The molecule has 0 aliphatic carbocycles. The van der Waals surface area contributed by atoms with Gasteiger partial charge in [-0.15, -0.1) is 0 Å². The van der Waals surface area contributed by atoms with Gasteiger partial charge in [0.2, 0.25) is 10.0 Å². The van der Waals surface area contributed by atoms with E-state index in [9.17, 15) is 13.2 Å². The highest BCUT2D eigenvalue weighted by molar-refractivity contribution is 7.89. The summed E-state index contributed by atoms with van der Waals surface area (Å²) in [6.07, 6.45) is 0. The molecule has 0 atom stereocenters. The molecule has 2 N–H and O–H groups in total. The van der Waals surface area contributed by atoms with Gasteiger partial charge in [-0.2, -0.15) is 0 Å². The SMILES string of the molecule is COC(=O)c1ccc(N)cc1S(=O)(=O)N(C)C. The Morgan fingerprint density at radius 1 is 1.35 bits per heavy atom. The molecule has 0 heterocycles. The van der Waals surface area contributed by atoms with E-state index in [0.717, 1.165) is 4.31 Å². The van der Waals surface area contributed by atoms with Crippen molar-refractivity contribution in [3.8, 4) is 0 Å². The van der Waals surface area contributed by atoms with Gasteiger partial charge in [-0.3, -0.25) is 0 Å². The molecule has 7 heteroatoms. The van der Waals surface area contributed by atoms with E-state index in [0.29, 0.717) is 0 Å². The number of hydrogen-bond donors (Lipinski definition) is 1. The maximum absolute atomic E-state index is 12.0. The topological polar surface area (TPSA) is 89.7 Å². The molecule has 0 saturated carbocycles. The smallest absolute Gasteiger partial charge is 0.339 e. The van der Waals surface area contributed by atoms with Crippen LogP contribution < -0.4 is 5.73 Å². The van der Waals surface area contributed by atoms with Crippen molar-refractivity contribution in [1.29, 1.82) is 0 Å². The highest BCUT2D eigenvalue weighted by atomic mass is 32.2. The van der Waals surface area contributed by atoms with Gasteiger partial charge in [0.15, 0.2) is 0 Å². The third-order valence-corrected chi connectivity index (χ3v) is 4.02. The second-order valence-electron chi connectivity index (χ2n) is 3.53. The highest BCUT2D eigenvalue weighted by Crippen LogP contribution is 2.22. The zero-order valence-electron chi connectivity index (χ0n) is 9.80. The largest absolute Gasteiger partial charge is 0.465 e. The molecule has 0 unspecified atom stereocenters. The van der Waals surface area contributed by atoms with Crippen LogP contribution >= 0.6 is 0 Å². The summed E-state index contributed by atoms with van der Waals surface area (Å²) in [4.78, 5) is 11.3. The normalized spacial score (nSPS) is 11.5. The molecule has 0 radical (unpaired) electrons. The minimum Gasteiger partial charge on any atom is -0.465 e. The Labute approximate surface area is 100 Å². The molecule has 0 fully saturated rings. The van der Waals surface area contributed by atoms with Crippen LogP contribution in [0.4, 0.5) is 5.69 Å². The number of nitrogens with two attached hydrogens (primary N) is 1. The van der Waals surface area contributed by atoms with Crippen molar-refractivity contribution in [2.45, 2.75) is 4.90 Å². The quantitative estimate of drug-likeness (QED) is 0.622. The van der Waals surface area contributed by atoms with Gasteiger partial charge in [0, 0.05) is 19.8 Å². The first kappa shape index (κ1) is 13.5. The number of nitrogens with zero attached hydrogens (tertiary/aromatic N) is 1. The Morgan fingerprint density at radius 3 is 2.41 bits per heavy atom. The lowest BCUT2D eigenvalue weighted by Gasteiger charge is -2.14. The standard InChI is InChI=1S/C10H14N2O4S/c1-12(2)17(14,15)9-6-7(11)4-5-8(9)10(13)16-3/h4-6H,11H2,1-3H3. The Balaban J connectivity index is 3.51. The maximum atomic E-state index is 12.0. The summed E-state index contributed by atoms with van der Waals surface area (Å²) in [7, 11) is 0.202. The van der Waals surface area contributed by atoms with E-state index in [1.165, 1.54) is 39.4 Å². The number of hydrogen-bond acceptors (Lipinski definition) is 5. The van der Waals surface area contributed by atoms with Gasteiger partial charge in [-0.25, -0.2) is 17.5 Å². The third kappa shape index (κ3) is 2.56. The van der Waals surface area contributed by atoms with Crippen LogP contribution in [0.5, 0.6) is 0 Å². The zero-order chi connectivity index (χ0) is 13.2. The van der Waals surface area contributed by atoms with E-state index in [2.05, 4.69) is 4.74 Å². The summed E-state index contributed by atoms with van der Waals surface area (Å²) < 4.78 is 29.5. The van der Waals surface area contributed by atoms with Gasteiger partial charge in [-0.05, 0) is 18.2 Å². The molecule has 17 heavy (non-hydrogen) atoms. The van der Waals surface area contributed by atoms with Gasteiger partial charge >= 0.3 is 5.97 Å². The molecule has 0 amide bonds. The number of benzene rings is 1. The summed E-state index contributed by atoms with van der Waals surface area (Å²) in [6.45, 7) is 0. The van der Waals surface area contributed by atoms with Gasteiger partial charge in [0.05, 0.1) is 17.6 Å². The van der Waals surface area contributed by atoms with Crippen molar-refractivity contribution in [2.24, 2.45) is 0 Å². The molecule has 1 aromatic carbocycles. The van der Waals surface area contributed by atoms with Crippen molar-refractivity contribution in [3.05, 3.63) is 23.8 Å². The van der Waals surface area contributed by atoms with E-state index >= 15 is 0 Å². The van der Waals surface area contributed by atoms with Gasteiger partial charge < -0.3 is 10.5 Å². The average molecular weight is 258 g/mol. The molecule has 0 aromatic heterocycles. The number of carbonyl (C=O) groups is 1. The fourth-order valence-corrected chi connectivity index (χ4v) is 2.34. The van der Waals surface area contributed by atoms with Crippen LogP contribution in [0.25, 0.3) is 0 Å². The fourth-order valence-electron chi connectivity index (χ4n) is 1.23. The predicted octanol–water partition coefficient (Wildman–Crippen LogP) is 0.306. The first-order valence-corrected chi connectivity index (χ1v) is 6.15. The molecule has 0 bridgehead atoms. The second kappa shape index (κ2) is 4.72. The van der Waals surface area contributed by atoms with Gasteiger partial charge in [0.25, 0.3) is 0 Å². The molecular weight excluding hydrogens is 244 g/mol. The number of nitrogen functional groups attached to an aromatic ring is 1. The first-order chi connectivity index (χ1) is 7.80. The van der Waals surface area contributed by atoms with Crippen molar-refractivity contribution in [1.82, 2.24) is 4.31 Å². The number of rotatable bonds is 3. The van der Waals surface area contributed by atoms with Crippen LogP contribution in [0, 0.1) is 0 Å². The summed E-state index contributed by atoms with van der Waals surface area (Å²) in [5.74, 6) is -0.717. The lowest BCUT2D eigenvalue weighted by molar-refractivity contribution is 0.0596. The van der Waals surface area contributed by atoms with Crippen molar-refractivity contribution in [3.63, 3.8) is 0 Å². The number of carbonyl (C=O) groups excluding carboxylic acids is 1. The Morgan fingerprint density at radius 2 is 1.94 bits per heavy atom. The summed E-state index contributed by atoms with van der Waals surface area (Å²) in [6, 6.07) is 4.01. The second-order valence-corrected chi connectivity index (χ2v) is 5.65. The lowest BCUT2D eigenvalue weighted by atomic mass is 10.2. The molecule has 1 rings (SSSR count). The molecule has 1 aromatic rings. The number of esters is 1. The van der Waals surface area contributed by atoms with E-state index in [1.54, 1.807) is 0 Å². The van der Waals surface area contributed by atoms with E-state index in [-0.39, 0.29) is 16.1 Å². The van der Waals surface area contributed by atoms with Gasteiger partial charge in [0.1, 0.15) is 0 Å². The molecule has 0 aliphatic heterocycles. The van der Waals surface area contributed by atoms with Crippen LogP contribution in [0.1, 0.15) is 10.4 Å². The molecule has 6 nitrogen and oxygen atoms in total. The summed E-state index contributed by atoms with van der Waals surface area (Å²) >= 11 is 0. The van der Waals surface area contributed by atoms with Crippen LogP contribution in [0.15, 0.2) is 23.1 Å². The van der Waals surface area contributed by atoms with Gasteiger partial charge in [-0.1, -0.05) is 0 Å². The average Bonchev–Trinajstić information content (AvgIpc) is 2.27. The van der Waals surface area contributed by atoms with E-state index < -0.39 is 16.0 Å². The third-order valence-electron chi connectivity index (χ3n) is 2.17. The fraction of sp³-hybridized carbons (Fsp3) is 0.300. The molecular formula is C10H14N2O4S. The monoisotopic (exact) mass is 258 g/mol. The summed E-state index contributed by atoms with van der Waals surface area (Å²) in [5.41, 5.74) is 5.76. The molecule has 0 spiro atoms. The number of sulfonamides is 1. The molecule has 0 aliphatic rings. The molecule has 0 saturated heterocycles. The predicted molar refractivity (Wildman–Crippen MR) is 63.1 cm³/mol. The Bertz CT molecular complexity index is 537. The van der Waals surface area contributed by atoms with Crippen LogP contribution in [-0.2, 0) is 14.8 Å². The minimum absolute atomic E-state index is 0.0320. The highest BCUT2D eigenvalue weighted by Gasteiger charge is 2.25. The first-order valence-electron chi connectivity index (χ1n) is 4.71. The Kier molecular flexibility index (Phi) is 3.74. The zero-order valence-corrected chi connectivity index (χ0v) is 10.6. The van der Waals surface area contributed by atoms with E-state index in [1.807, 2.05) is 0 Å². The molecule has 94 valence electrons. The minimum atomic E-state index is -3.73. The van der Waals surface area contributed by atoms with Crippen LogP contribution in [0.3, 0.4) is 0 Å². The van der Waals surface area contributed by atoms with Crippen molar-refractivity contribution < 1.29 is 17.9 Å². The van der Waals surface area contributed by atoms with Crippen molar-refractivity contribution >= 4 is 21.7 Å².